The highest BCUT2D eigenvalue weighted by molar-refractivity contribution is 7.47. The maximum absolute atomic E-state index is 13.0. The third-order valence-corrected chi connectivity index (χ3v) is 15.1. The number of unbranched alkanes of at least 4 members (excludes halogenated alkanes) is 40. The molecular formula is C62H122N2O6P+. The van der Waals surface area contributed by atoms with Crippen LogP contribution in [-0.4, -0.2) is 73.4 Å². The minimum Gasteiger partial charge on any atom is -0.387 e. The summed E-state index contributed by atoms with van der Waals surface area (Å²) in [6.45, 7) is 4.84. The molecule has 0 aromatic rings. The fourth-order valence-corrected chi connectivity index (χ4v) is 9.97. The first-order chi connectivity index (χ1) is 34.5. The van der Waals surface area contributed by atoms with Gasteiger partial charge in [0.05, 0.1) is 39.9 Å². The molecule has 71 heavy (non-hydrogen) atoms. The van der Waals surface area contributed by atoms with Crippen LogP contribution < -0.4 is 5.32 Å². The Bertz CT molecular complexity index is 1250. The topological polar surface area (TPSA) is 105 Å². The van der Waals surface area contributed by atoms with Crippen LogP contribution in [0.15, 0.2) is 36.5 Å². The van der Waals surface area contributed by atoms with Crippen LogP contribution in [0.3, 0.4) is 0 Å². The standard InChI is InChI=1S/C62H121N2O6P/c1-6-8-10-12-14-16-18-20-22-24-26-28-30-32-34-36-38-40-42-44-46-48-50-52-54-56-62(66)63-60(59-70-71(67,68)69-58-57-64(3,4)5)61(65)55-53-51-49-47-45-43-41-39-37-35-33-31-29-27-25-23-21-19-17-15-13-11-9-7-2/h32,34,45,47,53,55,60-61,65H,6-31,33,35-44,46,48-52,54,56-59H2,1-5H3,(H-,63,66,67,68)/p+1/b34-32-,47-45+,55-53+. The van der Waals surface area contributed by atoms with Crippen molar-refractivity contribution < 1.29 is 32.9 Å². The van der Waals surface area contributed by atoms with Gasteiger partial charge >= 0.3 is 7.82 Å². The largest absolute Gasteiger partial charge is 0.472 e. The number of carbonyl (C=O) groups is 1. The molecule has 0 aliphatic rings. The van der Waals surface area contributed by atoms with E-state index in [1.54, 1.807) is 6.08 Å². The number of nitrogens with zero attached hydrogens (tertiary/aromatic N) is 1. The van der Waals surface area contributed by atoms with Gasteiger partial charge in [0.25, 0.3) is 0 Å². The Kier molecular flexibility index (Phi) is 52.6. The third kappa shape index (κ3) is 56.3. The predicted molar refractivity (Wildman–Crippen MR) is 309 cm³/mol. The van der Waals surface area contributed by atoms with Gasteiger partial charge in [-0.15, -0.1) is 0 Å². The van der Waals surface area contributed by atoms with Crippen molar-refractivity contribution in [2.24, 2.45) is 0 Å². The molecule has 0 aromatic heterocycles. The number of aliphatic hydroxyl groups is 1. The van der Waals surface area contributed by atoms with E-state index in [-0.39, 0.29) is 19.1 Å². The molecule has 3 unspecified atom stereocenters. The first-order valence-electron chi connectivity index (χ1n) is 30.9. The number of phosphoric acid groups is 1. The summed E-state index contributed by atoms with van der Waals surface area (Å²) in [5, 5.41) is 13.9. The number of allylic oxidation sites excluding steroid dienone is 5. The maximum atomic E-state index is 13.0. The number of phosphoric ester groups is 1. The van der Waals surface area contributed by atoms with Crippen molar-refractivity contribution in [3.63, 3.8) is 0 Å². The molecule has 420 valence electrons. The van der Waals surface area contributed by atoms with Crippen molar-refractivity contribution in [1.29, 1.82) is 0 Å². The molecule has 0 aromatic carbocycles. The second kappa shape index (κ2) is 53.5. The van der Waals surface area contributed by atoms with E-state index in [1.165, 1.54) is 244 Å². The number of rotatable bonds is 57. The summed E-state index contributed by atoms with van der Waals surface area (Å²) < 4.78 is 23.7. The minimum atomic E-state index is -4.36. The molecule has 1 amide bonds. The zero-order valence-corrected chi connectivity index (χ0v) is 48.9. The fraction of sp³-hybridized carbons (Fsp3) is 0.887. The molecule has 0 aliphatic carbocycles. The van der Waals surface area contributed by atoms with Gasteiger partial charge in [0.1, 0.15) is 13.2 Å². The van der Waals surface area contributed by atoms with E-state index in [1.807, 2.05) is 27.2 Å². The molecule has 9 heteroatoms. The van der Waals surface area contributed by atoms with Gasteiger partial charge in [-0.1, -0.05) is 275 Å². The smallest absolute Gasteiger partial charge is 0.387 e. The number of likely N-dealkylation sites (N-methyl/N-ethyl adjacent to an activating group) is 1. The average molecular weight is 1020 g/mol. The van der Waals surface area contributed by atoms with Gasteiger partial charge in [-0.25, -0.2) is 4.57 Å². The summed E-state index contributed by atoms with van der Waals surface area (Å²) in [5.41, 5.74) is 0. The number of hydrogen-bond acceptors (Lipinski definition) is 5. The number of amides is 1. The highest BCUT2D eigenvalue weighted by Crippen LogP contribution is 2.43. The lowest BCUT2D eigenvalue weighted by Crippen LogP contribution is -2.45. The predicted octanol–water partition coefficient (Wildman–Crippen LogP) is 18.9. The lowest BCUT2D eigenvalue weighted by Gasteiger charge is -2.25. The molecule has 8 nitrogen and oxygen atoms in total. The van der Waals surface area contributed by atoms with Gasteiger partial charge in [0.15, 0.2) is 0 Å². The molecule has 0 radical (unpaired) electrons. The molecule has 0 aliphatic heterocycles. The van der Waals surface area contributed by atoms with E-state index >= 15 is 0 Å². The Balaban J connectivity index is 4.20. The minimum absolute atomic E-state index is 0.0565. The summed E-state index contributed by atoms with van der Waals surface area (Å²) in [6.07, 6.45) is 69.8. The lowest BCUT2D eigenvalue weighted by molar-refractivity contribution is -0.870. The van der Waals surface area contributed by atoms with Crippen molar-refractivity contribution in [2.75, 3.05) is 40.9 Å². The maximum Gasteiger partial charge on any atom is 0.472 e. The van der Waals surface area contributed by atoms with E-state index in [9.17, 15) is 19.4 Å². The highest BCUT2D eigenvalue weighted by Gasteiger charge is 2.27. The van der Waals surface area contributed by atoms with Crippen LogP contribution in [0.5, 0.6) is 0 Å². The monoisotopic (exact) mass is 1020 g/mol. The molecule has 0 saturated heterocycles. The third-order valence-electron chi connectivity index (χ3n) is 14.1. The molecule has 0 fully saturated rings. The van der Waals surface area contributed by atoms with Gasteiger partial charge in [-0.05, 0) is 57.8 Å². The zero-order chi connectivity index (χ0) is 52.0. The van der Waals surface area contributed by atoms with E-state index in [2.05, 4.69) is 43.5 Å². The number of hydrogen-bond donors (Lipinski definition) is 3. The summed E-state index contributed by atoms with van der Waals surface area (Å²) in [5.74, 6) is -0.185. The van der Waals surface area contributed by atoms with E-state index in [4.69, 9.17) is 9.05 Å². The van der Waals surface area contributed by atoms with Crippen LogP contribution in [0.2, 0.25) is 0 Å². The molecule has 0 rings (SSSR count). The summed E-state index contributed by atoms with van der Waals surface area (Å²) in [6, 6.07) is -0.865. The molecule has 0 heterocycles. The van der Waals surface area contributed by atoms with Crippen LogP contribution in [0.4, 0.5) is 0 Å². The molecule has 0 saturated carbocycles. The first-order valence-corrected chi connectivity index (χ1v) is 32.4. The Morgan fingerprint density at radius 3 is 1.13 bits per heavy atom. The van der Waals surface area contributed by atoms with Gasteiger partial charge in [0.2, 0.25) is 5.91 Å². The average Bonchev–Trinajstić information content (AvgIpc) is 3.33. The Labute approximate surface area is 442 Å². The molecular weight excluding hydrogens is 900 g/mol. The van der Waals surface area contributed by atoms with Crippen molar-refractivity contribution >= 4 is 13.7 Å². The number of quaternary nitrogens is 1. The SMILES string of the molecule is CCCCCCCCCCCCCC/C=C\CCCCCCCCCCCC(=O)NC(COP(=O)(O)OCC[N+](C)(C)C)C(O)/C=C/CC/C=C/CCCCCCCCCCCCCCCCCCCC. The van der Waals surface area contributed by atoms with Crippen molar-refractivity contribution in [3.05, 3.63) is 36.5 Å². The normalized spacial score (nSPS) is 14.1. The number of nitrogens with one attached hydrogen (secondary N) is 1. The van der Waals surface area contributed by atoms with Crippen molar-refractivity contribution in [2.45, 2.75) is 315 Å². The second-order valence-corrected chi connectivity index (χ2v) is 23.9. The van der Waals surface area contributed by atoms with Crippen molar-refractivity contribution in [3.8, 4) is 0 Å². The Morgan fingerprint density at radius 1 is 0.465 bits per heavy atom. The van der Waals surface area contributed by atoms with Crippen LogP contribution in [-0.2, 0) is 18.4 Å². The van der Waals surface area contributed by atoms with Crippen LogP contribution in [0.1, 0.15) is 303 Å². The zero-order valence-electron chi connectivity index (χ0n) is 48.0. The summed E-state index contributed by atoms with van der Waals surface area (Å²) in [4.78, 5) is 23.3. The Morgan fingerprint density at radius 2 is 0.775 bits per heavy atom. The summed E-state index contributed by atoms with van der Waals surface area (Å²) in [7, 11) is 1.56. The Hall–Kier alpha value is -1.28. The second-order valence-electron chi connectivity index (χ2n) is 22.4. The molecule has 3 atom stereocenters. The fourth-order valence-electron chi connectivity index (χ4n) is 9.23. The van der Waals surface area contributed by atoms with Gasteiger partial charge in [-0.3, -0.25) is 13.8 Å². The van der Waals surface area contributed by atoms with Gasteiger partial charge in [-0.2, -0.15) is 0 Å². The quantitative estimate of drug-likeness (QED) is 0.0243. The lowest BCUT2D eigenvalue weighted by atomic mass is 10.0. The van der Waals surface area contributed by atoms with E-state index in [0.717, 1.165) is 38.5 Å². The van der Waals surface area contributed by atoms with Crippen LogP contribution in [0.25, 0.3) is 0 Å². The van der Waals surface area contributed by atoms with Crippen molar-refractivity contribution in [1.82, 2.24) is 5.32 Å². The molecule has 3 N–H and O–H groups in total. The van der Waals surface area contributed by atoms with E-state index in [0.29, 0.717) is 17.4 Å². The number of carbonyl (C=O) groups excluding carboxylic acids is 1. The first kappa shape index (κ1) is 69.7. The van der Waals surface area contributed by atoms with Gasteiger partial charge in [0, 0.05) is 6.42 Å². The van der Waals surface area contributed by atoms with E-state index < -0.39 is 20.0 Å². The molecule has 0 spiro atoms. The van der Waals surface area contributed by atoms with Gasteiger partial charge < -0.3 is 19.8 Å². The van der Waals surface area contributed by atoms with Crippen LogP contribution in [0, 0.1) is 0 Å². The molecule has 0 bridgehead atoms. The highest BCUT2D eigenvalue weighted by atomic mass is 31.2. The van der Waals surface area contributed by atoms with Crippen LogP contribution >= 0.6 is 7.82 Å². The summed E-state index contributed by atoms with van der Waals surface area (Å²) >= 11 is 0. The number of aliphatic hydroxyl groups excluding tert-OH is 1.